The van der Waals surface area contributed by atoms with Gasteiger partial charge >= 0.3 is 0 Å². The molecule has 1 heterocycles. The van der Waals surface area contributed by atoms with Gasteiger partial charge in [-0.3, -0.25) is 0 Å². The van der Waals surface area contributed by atoms with Crippen LogP contribution in [0.3, 0.4) is 0 Å². The number of nitrogens with zero attached hydrogens (tertiary/aromatic N) is 1. The summed E-state index contributed by atoms with van der Waals surface area (Å²) in [5, 5.41) is 9.83. The van der Waals surface area contributed by atoms with Gasteiger partial charge in [0.05, 0.1) is 25.9 Å². The van der Waals surface area contributed by atoms with Gasteiger partial charge in [-0.25, -0.2) is 0 Å². The number of likely N-dealkylation sites (tertiary alicyclic amines) is 1. The minimum absolute atomic E-state index is 0.377. The molecule has 0 amide bonds. The van der Waals surface area contributed by atoms with E-state index < -0.39 is 0 Å². The van der Waals surface area contributed by atoms with Crippen molar-refractivity contribution < 1.29 is 14.6 Å². The fourth-order valence-corrected chi connectivity index (χ4v) is 2.28. The summed E-state index contributed by atoms with van der Waals surface area (Å²) >= 11 is 0. The first kappa shape index (κ1) is 14.9. The number of hydrogen-bond donors (Lipinski definition) is 1. The maximum absolute atomic E-state index is 9.83. The summed E-state index contributed by atoms with van der Waals surface area (Å²) in [6.45, 7) is 9.07. The smallest absolute Gasteiger partial charge is 0.0900 e. The zero-order valence-corrected chi connectivity index (χ0v) is 11.4. The van der Waals surface area contributed by atoms with Crippen molar-refractivity contribution in [2.75, 3.05) is 46.6 Å². The summed E-state index contributed by atoms with van der Waals surface area (Å²) in [5.74, 6) is 1.53. The molecule has 0 aromatic carbocycles. The molecule has 1 aliphatic rings. The Morgan fingerprint density at radius 2 is 2.12 bits per heavy atom. The van der Waals surface area contributed by atoms with Crippen LogP contribution in [0.5, 0.6) is 0 Å². The molecule has 102 valence electrons. The van der Waals surface area contributed by atoms with Gasteiger partial charge in [-0.15, -0.1) is 0 Å². The Hall–Kier alpha value is -0.160. The van der Waals surface area contributed by atoms with Gasteiger partial charge in [0.25, 0.3) is 0 Å². The van der Waals surface area contributed by atoms with E-state index in [1.54, 1.807) is 7.11 Å². The van der Waals surface area contributed by atoms with Crippen molar-refractivity contribution in [1.29, 1.82) is 0 Å². The lowest BCUT2D eigenvalue weighted by atomic mass is 9.95. The second kappa shape index (κ2) is 8.03. The average Bonchev–Trinajstić information content (AvgIpc) is 2.73. The molecule has 17 heavy (non-hydrogen) atoms. The van der Waals surface area contributed by atoms with Crippen LogP contribution in [-0.4, -0.2) is 62.7 Å². The first-order valence-corrected chi connectivity index (χ1v) is 6.60. The lowest BCUT2D eigenvalue weighted by molar-refractivity contribution is 0.00158. The Labute approximate surface area is 105 Å². The van der Waals surface area contributed by atoms with Crippen molar-refractivity contribution in [2.24, 2.45) is 11.8 Å². The molecular weight excluding hydrogens is 218 g/mol. The number of aliphatic hydroxyl groups excluding tert-OH is 1. The Morgan fingerprint density at radius 3 is 2.71 bits per heavy atom. The fraction of sp³-hybridized carbons (Fsp3) is 1.00. The molecule has 1 aliphatic heterocycles. The first-order chi connectivity index (χ1) is 8.13. The van der Waals surface area contributed by atoms with E-state index in [0.29, 0.717) is 19.8 Å². The van der Waals surface area contributed by atoms with E-state index in [1.807, 2.05) is 0 Å². The number of aliphatic hydroxyl groups is 1. The normalized spacial score (nSPS) is 23.5. The van der Waals surface area contributed by atoms with Crippen LogP contribution in [0.25, 0.3) is 0 Å². The standard InChI is InChI=1S/C13H27NO3/c1-11(2)12-4-5-14(8-12)9-13(15)10-17-7-6-16-3/h11-13,15H,4-10H2,1-3H3. The van der Waals surface area contributed by atoms with Crippen LogP contribution in [0.15, 0.2) is 0 Å². The zero-order chi connectivity index (χ0) is 12.7. The highest BCUT2D eigenvalue weighted by atomic mass is 16.5. The lowest BCUT2D eigenvalue weighted by Gasteiger charge is -2.21. The summed E-state index contributed by atoms with van der Waals surface area (Å²) in [6.07, 6.45) is 0.882. The predicted octanol–water partition coefficient (Wildman–Crippen LogP) is 0.988. The maximum atomic E-state index is 9.83. The number of ether oxygens (including phenoxy) is 2. The summed E-state index contributed by atoms with van der Waals surface area (Å²) in [4.78, 5) is 2.34. The van der Waals surface area contributed by atoms with Crippen LogP contribution in [-0.2, 0) is 9.47 Å². The van der Waals surface area contributed by atoms with Crippen LogP contribution in [0.4, 0.5) is 0 Å². The van der Waals surface area contributed by atoms with E-state index >= 15 is 0 Å². The summed E-state index contributed by atoms with van der Waals surface area (Å²) in [7, 11) is 1.65. The molecule has 4 heteroatoms. The van der Waals surface area contributed by atoms with Crippen LogP contribution in [0.2, 0.25) is 0 Å². The monoisotopic (exact) mass is 245 g/mol. The van der Waals surface area contributed by atoms with E-state index in [2.05, 4.69) is 18.7 Å². The van der Waals surface area contributed by atoms with Gasteiger partial charge in [0, 0.05) is 20.2 Å². The summed E-state index contributed by atoms with van der Waals surface area (Å²) in [6, 6.07) is 0. The quantitative estimate of drug-likeness (QED) is 0.648. The van der Waals surface area contributed by atoms with Gasteiger partial charge in [-0.05, 0) is 24.8 Å². The van der Waals surface area contributed by atoms with Gasteiger partial charge in [-0.2, -0.15) is 0 Å². The molecule has 0 saturated carbocycles. The molecule has 2 unspecified atom stereocenters. The second-order valence-corrected chi connectivity index (χ2v) is 5.27. The van der Waals surface area contributed by atoms with E-state index in [9.17, 15) is 5.11 Å². The van der Waals surface area contributed by atoms with Gasteiger partial charge in [0.15, 0.2) is 0 Å². The highest BCUT2D eigenvalue weighted by Gasteiger charge is 2.25. The second-order valence-electron chi connectivity index (χ2n) is 5.27. The van der Waals surface area contributed by atoms with Crippen LogP contribution >= 0.6 is 0 Å². The molecule has 4 nitrogen and oxygen atoms in total. The third-order valence-electron chi connectivity index (χ3n) is 3.46. The Morgan fingerprint density at radius 1 is 1.35 bits per heavy atom. The third kappa shape index (κ3) is 5.82. The number of β-amino-alcohol motifs (C(OH)–C–C–N with tert-alkyl or cyclic N) is 1. The maximum Gasteiger partial charge on any atom is 0.0900 e. The molecule has 1 fully saturated rings. The van der Waals surface area contributed by atoms with E-state index in [-0.39, 0.29) is 6.10 Å². The molecule has 1 rings (SSSR count). The van der Waals surface area contributed by atoms with Crippen molar-refractivity contribution in [1.82, 2.24) is 4.90 Å². The Balaban J connectivity index is 2.08. The fourth-order valence-electron chi connectivity index (χ4n) is 2.28. The number of rotatable bonds is 8. The molecule has 1 saturated heterocycles. The molecule has 0 aromatic rings. The summed E-state index contributed by atoms with van der Waals surface area (Å²) in [5.41, 5.74) is 0. The Bertz CT molecular complexity index is 199. The van der Waals surface area contributed by atoms with Crippen LogP contribution in [0, 0.1) is 11.8 Å². The van der Waals surface area contributed by atoms with Crippen LogP contribution < -0.4 is 0 Å². The SMILES string of the molecule is COCCOCC(O)CN1CCC(C(C)C)C1. The molecule has 0 bridgehead atoms. The average molecular weight is 245 g/mol. The van der Waals surface area contributed by atoms with Crippen LogP contribution in [0.1, 0.15) is 20.3 Å². The van der Waals surface area contributed by atoms with Crippen molar-refractivity contribution in [3.05, 3.63) is 0 Å². The van der Waals surface area contributed by atoms with Crippen molar-refractivity contribution in [3.8, 4) is 0 Å². The highest BCUT2D eigenvalue weighted by Crippen LogP contribution is 2.23. The minimum atomic E-state index is -0.377. The van der Waals surface area contributed by atoms with Gasteiger partial charge in [-0.1, -0.05) is 13.8 Å². The number of hydrogen-bond acceptors (Lipinski definition) is 4. The third-order valence-corrected chi connectivity index (χ3v) is 3.46. The molecular formula is C13H27NO3. The molecule has 0 radical (unpaired) electrons. The van der Waals surface area contributed by atoms with E-state index in [0.717, 1.165) is 31.5 Å². The van der Waals surface area contributed by atoms with Crippen molar-refractivity contribution in [2.45, 2.75) is 26.4 Å². The highest BCUT2D eigenvalue weighted by molar-refractivity contribution is 4.79. The first-order valence-electron chi connectivity index (χ1n) is 6.60. The summed E-state index contributed by atoms with van der Waals surface area (Å²) < 4.78 is 10.2. The van der Waals surface area contributed by atoms with Gasteiger partial charge in [0.2, 0.25) is 0 Å². The van der Waals surface area contributed by atoms with E-state index in [1.165, 1.54) is 6.42 Å². The molecule has 0 spiro atoms. The largest absolute Gasteiger partial charge is 0.389 e. The Kier molecular flexibility index (Phi) is 7.04. The minimum Gasteiger partial charge on any atom is -0.389 e. The topological polar surface area (TPSA) is 41.9 Å². The molecule has 0 aromatic heterocycles. The molecule has 0 aliphatic carbocycles. The van der Waals surface area contributed by atoms with Crippen molar-refractivity contribution in [3.63, 3.8) is 0 Å². The predicted molar refractivity (Wildman–Crippen MR) is 68.1 cm³/mol. The van der Waals surface area contributed by atoms with Crippen molar-refractivity contribution >= 4 is 0 Å². The van der Waals surface area contributed by atoms with Gasteiger partial charge < -0.3 is 19.5 Å². The van der Waals surface area contributed by atoms with Gasteiger partial charge in [0.1, 0.15) is 0 Å². The zero-order valence-electron chi connectivity index (χ0n) is 11.4. The van der Waals surface area contributed by atoms with E-state index in [4.69, 9.17) is 9.47 Å². The lowest BCUT2D eigenvalue weighted by Crippen LogP contribution is -2.34. The number of methoxy groups -OCH3 is 1. The molecule has 2 atom stereocenters. The molecule has 1 N–H and O–H groups in total.